The molecule has 102 valence electrons. The highest BCUT2D eigenvalue weighted by Gasteiger charge is 2.08. The van der Waals surface area contributed by atoms with E-state index in [1.54, 1.807) is 12.1 Å². The van der Waals surface area contributed by atoms with Crippen LogP contribution in [0.15, 0.2) is 41.6 Å². The van der Waals surface area contributed by atoms with Crippen molar-refractivity contribution in [2.24, 2.45) is 0 Å². The van der Waals surface area contributed by atoms with E-state index in [4.69, 9.17) is 39.6 Å². The van der Waals surface area contributed by atoms with Crippen LogP contribution < -0.4 is 5.73 Å². The van der Waals surface area contributed by atoms with E-state index < -0.39 is 9.05 Å². The number of anilines is 1. The number of nitrogens with zero attached hydrogens (tertiary/aromatic N) is 2. The summed E-state index contributed by atoms with van der Waals surface area (Å²) in [6.45, 7) is 0. The van der Waals surface area contributed by atoms with Gasteiger partial charge in [-0.2, -0.15) is 0 Å². The van der Waals surface area contributed by atoms with Gasteiger partial charge in [0.05, 0.1) is 11.9 Å². The lowest BCUT2D eigenvalue weighted by atomic mass is 10.4. The summed E-state index contributed by atoms with van der Waals surface area (Å²) in [6, 6.07) is 6.00. The average Bonchev–Trinajstić information content (AvgIpc) is 2.33. The summed E-state index contributed by atoms with van der Waals surface area (Å²) >= 11 is 10.9. The van der Waals surface area contributed by atoms with Crippen LogP contribution in [-0.4, -0.2) is 18.4 Å². The van der Waals surface area contributed by atoms with E-state index in [0.29, 0.717) is 10.8 Å². The number of halogens is 3. The summed E-state index contributed by atoms with van der Waals surface area (Å²) in [7, 11) is 1.33. The smallest absolute Gasteiger partial charge is 0.262 e. The van der Waals surface area contributed by atoms with E-state index in [0.717, 1.165) is 6.20 Å². The van der Waals surface area contributed by atoms with E-state index in [1.807, 2.05) is 0 Å². The van der Waals surface area contributed by atoms with Crippen LogP contribution >= 0.6 is 33.9 Å². The number of hydrogen-bond acceptors (Lipinski definition) is 5. The van der Waals surface area contributed by atoms with Gasteiger partial charge in [0.15, 0.2) is 0 Å². The molecule has 5 nitrogen and oxygen atoms in total. The normalized spacial score (nSPS) is 10.5. The van der Waals surface area contributed by atoms with Crippen molar-refractivity contribution >= 4 is 48.6 Å². The van der Waals surface area contributed by atoms with Crippen LogP contribution in [0.3, 0.4) is 0 Å². The number of rotatable bonds is 1. The fourth-order valence-electron chi connectivity index (χ4n) is 0.894. The van der Waals surface area contributed by atoms with Crippen molar-refractivity contribution in [2.45, 2.75) is 4.90 Å². The molecule has 2 aromatic rings. The molecule has 0 aliphatic rings. The van der Waals surface area contributed by atoms with E-state index in [2.05, 4.69) is 9.97 Å². The zero-order chi connectivity index (χ0) is 14.5. The zero-order valence-electron chi connectivity index (χ0n) is 9.29. The molecule has 2 heterocycles. The lowest BCUT2D eigenvalue weighted by Gasteiger charge is -1.92. The van der Waals surface area contributed by atoms with Gasteiger partial charge in [0, 0.05) is 16.9 Å². The predicted molar refractivity (Wildman–Crippen MR) is 75.9 cm³/mol. The Morgan fingerprint density at radius 2 is 1.47 bits per heavy atom. The van der Waals surface area contributed by atoms with Crippen LogP contribution in [0.4, 0.5) is 5.69 Å². The topological polar surface area (TPSA) is 85.9 Å². The molecule has 0 saturated carbocycles. The second-order valence-electron chi connectivity index (χ2n) is 3.17. The largest absolute Gasteiger partial charge is 0.397 e. The minimum Gasteiger partial charge on any atom is -0.397 e. The maximum absolute atomic E-state index is 10.6. The minimum absolute atomic E-state index is 0.0523. The molecule has 0 bridgehead atoms. The van der Waals surface area contributed by atoms with Crippen molar-refractivity contribution in [1.29, 1.82) is 0 Å². The molecule has 2 rings (SSSR count). The molecule has 0 fully saturated rings. The molecule has 0 aliphatic carbocycles. The lowest BCUT2D eigenvalue weighted by molar-refractivity contribution is 0.609. The van der Waals surface area contributed by atoms with E-state index >= 15 is 0 Å². The summed E-state index contributed by atoms with van der Waals surface area (Å²) in [6.07, 6.45) is 2.62. The second kappa shape index (κ2) is 6.91. The average molecular weight is 341 g/mol. The number of nitrogen functional groups attached to an aromatic ring is 1. The van der Waals surface area contributed by atoms with Crippen LogP contribution in [0.5, 0.6) is 0 Å². The van der Waals surface area contributed by atoms with Gasteiger partial charge in [0.1, 0.15) is 15.2 Å². The molecule has 0 saturated heterocycles. The molecule has 0 aromatic carbocycles. The Morgan fingerprint density at radius 3 is 1.79 bits per heavy atom. The number of nitrogens with two attached hydrogens (primary N) is 1. The van der Waals surface area contributed by atoms with Gasteiger partial charge in [-0.25, -0.2) is 18.4 Å². The van der Waals surface area contributed by atoms with Gasteiger partial charge in [-0.05, 0) is 24.3 Å². The summed E-state index contributed by atoms with van der Waals surface area (Å²) in [5, 5.41) is 0.702. The number of hydrogen-bond donors (Lipinski definition) is 1. The molecule has 0 aliphatic heterocycles. The molecule has 19 heavy (non-hydrogen) atoms. The molecule has 0 spiro atoms. The van der Waals surface area contributed by atoms with Gasteiger partial charge in [-0.3, -0.25) is 0 Å². The van der Waals surface area contributed by atoms with Crippen molar-refractivity contribution in [2.75, 3.05) is 5.73 Å². The monoisotopic (exact) mass is 339 g/mol. The van der Waals surface area contributed by atoms with Gasteiger partial charge >= 0.3 is 0 Å². The Balaban J connectivity index is 0.000000200. The summed E-state index contributed by atoms with van der Waals surface area (Å²) < 4.78 is 21.3. The van der Waals surface area contributed by atoms with Gasteiger partial charge in [-0.15, -0.1) is 0 Å². The van der Waals surface area contributed by atoms with Crippen molar-refractivity contribution in [3.63, 3.8) is 0 Å². The third kappa shape index (κ3) is 6.07. The van der Waals surface area contributed by atoms with Crippen molar-refractivity contribution in [3.8, 4) is 0 Å². The molecule has 2 N–H and O–H groups in total. The van der Waals surface area contributed by atoms with Crippen LogP contribution in [0.1, 0.15) is 0 Å². The summed E-state index contributed by atoms with van der Waals surface area (Å²) in [5.74, 6) is 0. The lowest BCUT2D eigenvalue weighted by Crippen LogP contribution is -1.90. The van der Waals surface area contributed by atoms with Gasteiger partial charge in [-0.1, -0.05) is 23.2 Å². The molecule has 9 heteroatoms. The van der Waals surface area contributed by atoms with Gasteiger partial charge in [0.25, 0.3) is 9.05 Å². The standard InChI is InChI=1S/C5H3Cl2NO2S.C5H5ClN2/c6-5-2-1-4(3-8-5)11(7,9)10;6-5-2-1-4(7)3-8-5/h1-3H;1-3H,7H2. The Bertz CT molecular complexity index is 609. The first-order chi connectivity index (χ1) is 8.79. The highest BCUT2D eigenvalue weighted by Crippen LogP contribution is 2.14. The Hall–Kier alpha value is -1.08. The zero-order valence-corrected chi connectivity index (χ0v) is 12.4. The molecular formula is C10H8Cl3N3O2S. The molecular weight excluding hydrogens is 333 g/mol. The minimum atomic E-state index is -3.67. The van der Waals surface area contributed by atoms with E-state index in [-0.39, 0.29) is 10.0 Å². The SMILES string of the molecule is Nc1ccc(Cl)nc1.O=S(=O)(Cl)c1ccc(Cl)nc1. The molecule has 0 radical (unpaired) electrons. The summed E-state index contributed by atoms with van der Waals surface area (Å²) in [5.41, 5.74) is 5.94. The molecule has 0 amide bonds. The quantitative estimate of drug-likeness (QED) is 0.637. The number of aromatic nitrogens is 2. The highest BCUT2D eigenvalue weighted by molar-refractivity contribution is 8.13. The highest BCUT2D eigenvalue weighted by atomic mass is 35.7. The first kappa shape index (κ1) is 16.0. The predicted octanol–water partition coefficient (Wildman–Crippen LogP) is 2.98. The van der Waals surface area contributed by atoms with E-state index in [1.165, 1.54) is 18.3 Å². The Labute approximate surface area is 124 Å². The third-order valence-electron chi connectivity index (χ3n) is 1.73. The Morgan fingerprint density at radius 1 is 0.947 bits per heavy atom. The molecule has 0 unspecified atom stereocenters. The Kier molecular flexibility index (Phi) is 5.81. The summed E-state index contributed by atoms with van der Waals surface area (Å²) in [4.78, 5) is 7.21. The van der Waals surface area contributed by atoms with Crippen LogP contribution in [-0.2, 0) is 9.05 Å². The van der Waals surface area contributed by atoms with Gasteiger partial charge in [0.2, 0.25) is 0 Å². The van der Waals surface area contributed by atoms with Crippen molar-refractivity contribution < 1.29 is 8.42 Å². The second-order valence-corrected chi connectivity index (χ2v) is 6.51. The maximum atomic E-state index is 10.6. The van der Waals surface area contributed by atoms with Crippen molar-refractivity contribution in [1.82, 2.24) is 9.97 Å². The fourth-order valence-corrected chi connectivity index (χ4v) is 1.80. The first-order valence-corrected chi connectivity index (χ1v) is 7.79. The number of pyridine rings is 2. The molecule has 2 aromatic heterocycles. The molecule has 0 atom stereocenters. The van der Waals surface area contributed by atoms with Crippen LogP contribution in [0.25, 0.3) is 0 Å². The van der Waals surface area contributed by atoms with Crippen LogP contribution in [0, 0.1) is 0 Å². The van der Waals surface area contributed by atoms with Crippen LogP contribution in [0.2, 0.25) is 10.3 Å². The van der Waals surface area contributed by atoms with Gasteiger partial charge < -0.3 is 5.73 Å². The first-order valence-electron chi connectivity index (χ1n) is 4.72. The van der Waals surface area contributed by atoms with E-state index in [9.17, 15) is 8.42 Å². The third-order valence-corrected chi connectivity index (χ3v) is 3.52. The maximum Gasteiger partial charge on any atom is 0.262 e. The fraction of sp³-hybridized carbons (Fsp3) is 0. The van der Waals surface area contributed by atoms with Crippen molar-refractivity contribution in [3.05, 3.63) is 47.0 Å².